The van der Waals surface area contributed by atoms with E-state index in [0.29, 0.717) is 0 Å². The van der Waals surface area contributed by atoms with Crippen LogP contribution in [0.15, 0.2) is 0 Å². The highest BCUT2D eigenvalue weighted by Gasteiger charge is 2.21. The number of aliphatic carboxylic acids is 1. The molecule has 1 fully saturated rings. The Morgan fingerprint density at radius 1 is 1.14 bits per heavy atom. The number of carboxylic acids is 1. The van der Waals surface area contributed by atoms with E-state index < -0.39 is 5.97 Å². The van der Waals surface area contributed by atoms with Crippen LogP contribution in [0.5, 0.6) is 0 Å². The number of carbonyl (C=O) groups is 1. The first-order valence-corrected chi connectivity index (χ1v) is 4.18. The molecule has 1 N–H and O–H groups in total. The molecule has 0 aromatic heterocycles. The molecular formula is C8H18Cl3NO2. The predicted octanol–water partition coefficient (Wildman–Crippen LogP) is 2.21. The summed E-state index contributed by atoms with van der Waals surface area (Å²) in [7, 11) is 0. The minimum atomic E-state index is -0.702. The van der Waals surface area contributed by atoms with Crippen LogP contribution in [0, 0.1) is 0 Å². The van der Waals surface area contributed by atoms with Crippen molar-refractivity contribution in [1.29, 1.82) is 0 Å². The van der Waals surface area contributed by atoms with E-state index >= 15 is 0 Å². The van der Waals surface area contributed by atoms with Crippen LogP contribution in [0.2, 0.25) is 0 Å². The van der Waals surface area contributed by atoms with Gasteiger partial charge in [-0.2, -0.15) is 0 Å². The minimum absolute atomic E-state index is 0. The summed E-state index contributed by atoms with van der Waals surface area (Å²) >= 11 is 0. The SMILES string of the molecule is CC(C(=O)O)N1CCCCC1.Cl.Cl.Cl. The van der Waals surface area contributed by atoms with Crippen molar-refractivity contribution in [3.05, 3.63) is 0 Å². The quantitative estimate of drug-likeness (QED) is 0.833. The predicted molar refractivity (Wildman–Crippen MR) is 64.3 cm³/mol. The number of hydrogen-bond donors (Lipinski definition) is 1. The van der Waals surface area contributed by atoms with Gasteiger partial charge in [-0.1, -0.05) is 6.42 Å². The van der Waals surface area contributed by atoms with Crippen LogP contribution in [0.1, 0.15) is 26.2 Å². The van der Waals surface area contributed by atoms with Crippen LogP contribution in [0.3, 0.4) is 0 Å². The second-order valence-electron chi connectivity index (χ2n) is 3.11. The molecule has 88 valence electrons. The smallest absolute Gasteiger partial charge is 0.320 e. The van der Waals surface area contributed by atoms with Crippen molar-refractivity contribution in [2.45, 2.75) is 32.2 Å². The fourth-order valence-corrected chi connectivity index (χ4v) is 1.46. The van der Waals surface area contributed by atoms with Gasteiger partial charge >= 0.3 is 5.97 Å². The van der Waals surface area contributed by atoms with Crippen LogP contribution in [-0.4, -0.2) is 35.1 Å². The van der Waals surface area contributed by atoms with Gasteiger partial charge in [0.2, 0.25) is 0 Å². The zero-order valence-corrected chi connectivity index (χ0v) is 10.6. The molecule has 0 aromatic rings. The fraction of sp³-hybridized carbons (Fsp3) is 0.875. The Balaban J connectivity index is -0.000000403. The molecule has 3 nitrogen and oxygen atoms in total. The summed E-state index contributed by atoms with van der Waals surface area (Å²) in [4.78, 5) is 12.6. The summed E-state index contributed by atoms with van der Waals surface area (Å²) in [6.45, 7) is 3.66. The Morgan fingerprint density at radius 2 is 1.57 bits per heavy atom. The van der Waals surface area contributed by atoms with Gasteiger partial charge in [0.25, 0.3) is 0 Å². The van der Waals surface area contributed by atoms with Gasteiger partial charge in [-0.25, -0.2) is 0 Å². The van der Waals surface area contributed by atoms with E-state index in [9.17, 15) is 4.79 Å². The molecule has 1 unspecified atom stereocenters. The molecule has 0 aliphatic carbocycles. The van der Waals surface area contributed by atoms with E-state index in [1.165, 1.54) is 6.42 Å². The largest absolute Gasteiger partial charge is 0.480 e. The lowest BCUT2D eigenvalue weighted by atomic mass is 10.1. The van der Waals surface area contributed by atoms with Crippen LogP contribution in [0.4, 0.5) is 0 Å². The molecule has 0 amide bonds. The lowest BCUT2D eigenvalue weighted by molar-refractivity contribution is -0.142. The Labute approximate surface area is 103 Å². The van der Waals surface area contributed by atoms with E-state index in [1.807, 2.05) is 4.90 Å². The highest BCUT2D eigenvalue weighted by atomic mass is 35.5. The molecular weight excluding hydrogens is 248 g/mol. The molecule has 0 bridgehead atoms. The first kappa shape index (κ1) is 19.8. The van der Waals surface area contributed by atoms with Gasteiger partial charge in [-0.05, 0) is 32.9 Å². The molecule has 1 aliphatic rings. The second-order valence-corrected chi connectivity index (χ2v) is 3.11. The molecule has 1 rings (SSSR count). The number of hydrogen-bond acceptors (Lipinski definition) is 2. The van der Waals surface area contributed by atoms with E-state index in [2.05, 4.69) is 0 Å². The number of carboxylic acid groups (broad SMARTS) is 1. The zero-order valence-electron chi connectivity index (χ0n) is 8.14. The molecule has 1 saturated heterocycles. The summed E-state index contributed by atoms with van der Waals surface area (Å²) in [6, 6.07) is -0.296. The summed E-state index contributed by atoms with van der Waals surface area (Å²) in [6.07, 6.45) is 3.55. The monoisotopic (exact) mass is 265 g/mol. The Morgan fingerprint density at radius 3 is 1.93 bits per heavy atom. The maximum atomic E-state index is 10.6. The van der Waals surface area contributed by atoms with Gasteiger partial charge in [-0.3, -0.25) is 9.69 Å². The van der Waals surface area contributed by atoms with Gasteiger partial charge in [0, 0.05) is 0 Å². The molecule has 0 saturated carbocycles. The van der Waals surface area contributed by atoms with Gasteiger partial charge in [0.15, 0.2) is 0 Å². The summed E-state index contributed by atoms with van der Waals surface area (Å²) in [5, 5.41) is 8.69. The first-order chi connectivity index (χ1) is 5.22. The lowest BCUT2D eigenvalue weighted by Gasteiger charge is -2.29. The topological polar surface area (TPSA) is 40.5 Å². The molecule has 1 aliphatic heterocycles. The average Bonchev–Trinajstić information content (AvgIpc) is 2.05. The van der Waals surface area contributed by atoms with Gasteiger partial charge in [0.05, 0.1) is 0 Å². The van der Waals surface area contributed by atoms with E-state index in [1.54, 1.807) is 6.92 Å². The van der Waals surface area contributed by atoms with Gasteiger partial charge in [-0.15, -0.1) is 37.2 Å². The third-order valence-electron chi connectivity index (χ3n) is 2.30. The molecule has 1 heterocycles. The standard InChI is InChI=1S/C8H15NO2.3ClH/c1-7(8(10)11)9-5-3-2-4-6-9;;;/h7H,2-6H2,1H3,(H,10,11);3*1H. The highest BCUT2D eigenvalue weighted by molar-refractivity contribution is 5.86. The van der Waals surface area contributed by atoms with Gasteiger partial charge < -0.3 is 5.11 Å². The number of likely N-dealkylation sites (tertiary alicyclic amines) is 1. The fourth-order valence-electron chi connectivity index (χ4n) is 1.46. The summed E-state index contributed by atoms with van der Waals surface area (Å²) in [5.74, 6) is -0.702. The highest BCUT2D eigenvalue weighted by Crippen LogP contribution is 2.11. The average molecular weight is 267 g/mol. The molecule has 0 radical (unpaired) electrons. The van der Waals surface area contributed by atoms with Crippen molar-refractivity contribution in [2.24, 2.45) is 0 Å². The second kappa shape index (κ2) is 9.84. The molecule has 6 heteroatoms. The molecule has 1 atom stereocenters. The van der Waals surface area contributed by atoms with Gasteiger partial charge in [0.1, 0.15) is 6.04 Å². The Bertz CT molecular complexity index is 152. The van der Waals surface area contributed by atoms with E-state index in [-0.39, 0.29) is 43.3 Å². The lowest BCUT2D eigenvalue weighted by Crippen LogP contribution is -2.41. The number of piperidine rings is 1. The summed E-state index contributed by atoms with van der Waals surface area (Å²) < 4.78 is 0. The summed E-state index contributed by atoms with van der Waals surface area (Å²) in [5.41, 5.74) is 0. The first-order valence-electron chi connectivity index (χ1n) is 4.18. The van der Waals surface area contributed by atoms with Crippen molar-refractivity contribution in [3.63, 3.8) is 0 Å². The Kier molecular flexibility index (Phi) is 13.9. The number of nitrogens with zero attached hydrogens (tertiary/aromatic N) is 1. The van der Waals surface area contributed by atoms with Crippen molar-refractivity contribution >= 4 is 43.2 Å². The van der Waals surface area contributed by atoms with Crippen LogP contribution in [0.25, 0.3) is 0 Å². The molecule has 14 heavy (non-hydrogen) atoms. The zero-order chi connectivity index (χ0) is 8.27. The van der Waals surface area contributed by atoms with Crippen molar-refractivity contribution in [3.8, 4) is 0 Å². The third-order valence-corrected chi connectivity index (χ3v) is 2.30. The van der Waals surface area contributed by atoms with E-state index in [0.717, 1.165) is 25.9 Å². The molecule has 0 aromatic carbocycles. The van der Waals surface area contributed by atoms with E-state index in [4.69, 9.17) is 5.11 Å². The van der Waals surface area contributed by atoms with Crippen molar-refractivity contribution in [1.82, 2.24) is 4.90 Å². The van der Waals surface area contributed by atoms with Crippen LogP contribution in [-0.2, 0) is 4.79 Å². The van der Waals surface area contributed by atoms with Crippen molar-refractivity contribution in [2.75, 3.05) is 13.1 Å². The number of halogens is 3. The maximum absolute atomic E-state index is 10.6. The maximum Gasteiger partial charge on any atom is 0.320 e. The number of rotatable bonds is 2. The minimum Gasteiger partial charge on any atom is -0.480 e. The Hall–Kier alpha value is 0.300. The third kappa shape index (κ3) is 5.91. The normalized spacial score (nSPS) is 18.1. The van der Waals surface area contributed by atoms with Crippen LogP contribution < -0.4 is 0 Å². The molecule has 0 spiro atoms. The van der Waals surface area contributed by atoms with Crippen molar-refractivity contribution < 1.29 is 9.90 Å². The van der Waals surface area contributed by atoms with Crippen LogP contribution >= 0.6 is 37.2 Å².